The molecule has 1 aliphatic heterocycles. The van der Waals surface area contributed by atoms with E-state index in [0.717, 1.165) is 0 Å². The summed E-state index contributed by atoms with van der Waals surface area (Å²) < 4.78 is 37.7. The van der Waals surface area contributed by atoms with Crippen LogP contribution in [0.2, 0.25) is 0 Å². The molecule has 104 valence electrons. The molecule has 6 nitrogen and oxygen atoms in total. The van der Waals surface area contributed by atoms with Crippen LogP contribution in [0.4, 0.5) is 24.5 Å². The van der Waals surface area contributed by atoms with E-state index < -0.39 is 28.6 Å². The van der Waals surface area contributed by atoms with Crippen LogP contribution in [-0.2, 0) is 6.18 Å². The van der Waals surface area contributed by atoms with Gasteiger partial charge in [-0.1, -0.05) is 0 Å². The van der Waals surface area contributed by atoms with E-state index in [1.807, 2.05) is 0 Å². The number of aliphatic hydroxyl groups is 1. The van der Waals surface area contributed by atoms with E-state index in [1.54, 1.807) is 0 Å². The molecule has 0 spiro atoms. The van der Waals surface area contributed by atoms with Crippen LogP contribution in [0.5, 0.6) is 0 Å². The highest BCUT2D eigenvalue weighted by Crippen LogP contribution is 2.35. The van der Waals surface area contributed by atoms with Gasteiger partial charge in [-0.25, -0.2) is 4.98 Å². The van der Waals surface area contributed by atoms with Crippen molar-refractivity contribution in [2.75, 3.05) is 18.0 Å². The second kappa shape index (κ2) is 4.65. The third-order valence-corrected chi connectivity index (χ3v) is 2.85. The van der Waals surface area contributed by atoms with E-state index in [-0.39, 0.29) is 18.8 Å². The Morgan fingerprint density at radius 3 is 2.68 bits per heavy atom. The van der Waals surface area contributed by atoms with Crippen LogP contribution < -0.4 is 4.90 Å². The highest BCUT2D eigenvalue weighted by Gasteiger charge is 2.36. The first kappa shape index (κ1) is 13.5. The lowest BCUT2D eigenvalue weighted by molar-refractivity contribution is -0.384. The highest BCUT2D eigenvalue weighted by atomic mass is 19.4. The predicted octanol–water partition coefficient (Wildman–Crippen LogP) is 1.58. The number of halogens is 3. The Kier molecular flexibility index (Phi) is 3.31. The molecule has 0 radical (unpaired) electrons. The first-order valence-electron chi connectivity index (χ1n) is 5.43. The average Bonchev–Trinajstić information content (AvgIpc) is 2.73. The van der Waals surface area contributed by atoms with Gasteiger partial charge in [0.15, 0.2) is 0 Å². The number of β-amino-alcohol motifs (C(OH)–C–C–N with tert-alkyl or cyclic N) is 1. The Labute approximate surface area is 105 Å². The van der Waals surface area contributed by atoms with Crippen LogP contribution in [0.15, 0.2) is 12.3 Å². The molecule has 0 saturated carbocycles. The minimum Gasteiger partial charge on any atom is -0.391 e. The van der Waals surface area contributed by atoms with Crippen molar-refractivity contribution in [3.05, 3.63) is 28.1 Å². The summed E-state index contributed by atoms with van der Waals surface area (Å²) in [5.74, 6) is 0. The summed E-state index contributed by atoms with van der Waals surface area (Å²) in [6, 6.07) is 0.649. The second-order valence-electron chi connectivity index (χ2n) is 4.20. The van der Waals surface area contributed by atoms with Gasteiger partial charge in [-0.3, -0.25) is 10.1 Å². The van der Waals surface area contributed by atoms with Gasteiger partial charge >= 0.3 is 11.9 Å². The number of nitrogens with zero attached hydrogens (tertiary/aromatic N) is 3. The van der Waals surface area contributed by atoms with Gasteiger partial charge < -0.3 is 10.0 Å². The van der Waals surface area contributed by atoms with E-state index in [4.69, 9.17) is 0 Å². The molecule has 0 aromatic carbocycles. The third-order valence-electron chi connectivity index (χ3n) is 2.85. The topological polar surface area (TPSA) is 79.5 Å². The summed E-state index contributed by atoms with van der Waals surface area (Å²) >= 11 is 0. The van der Waals surface area contributed by atoms with Crippen LogP contribution in [0.1, 0.15) is 12.1 Å². The third kappa shape index (κ3) is 2.75. The van der Waals surface area contributed by atoms with Gasteiger partial charge in [0.05, 0.1) is 11.0 Å². The van der Waals surface area contributed by atoms with Crippen LogP contribution >= 0.6 is 0 Å². The van der Waals surface area contributed by atoms with Crippen LogP contribution in [-0.4, -0.2) is 34.2 Å². The zero-order valence-corrected chi connectivity index (χ0v) is 9.59. The molecule has 1 aromatic rings. The van der Waals surface area contributed by atoms with Crippen molar-refractivity contribution in [2.24, 2.45) is 0 Å². The Hall–Kier alpha value is -1.90. The van der Waals surface area contributed by atoms with Crippen molar-refractivity contribution in [1.82, 2.24) is 4.98 Å². The van der Waals surface area contributed by atoms with Gasteiger partial charge in [0.25, 0.3) is 0 Å². The van der Waals surface area contributed by atoms with Crippen LogP contribution in [0.25, 0.3) is 0 Å². The summed E-state index contributed by atoms with van der Waals surface area (Å²) in [4.78, 5) is 14.5. The number of rotatable bonds is 2. The van der Waals surface area contributed by atoms with Crippen molar-refractivity contribution in [3.63, 3.8) is 0 Å². The maximum atomic E-state index is 12.6. The van der Waals surface area contributed by atoms with Gasteiger partial charge in [-0.15, -0.1) is 0 Å². The Balaban J connectivity index is 2.45. The van der Waals surface area contributed by atoms with E-state index in [1.165, 1.54) is 4.90 Å². The summed E-state index contributed by atoms with van der Waals surface area (Å²) in [6.45, 7) is 0.339. The molecule has 0 bridgehead atoms. The fourth-order valence-corrected chi connectivity index (χ4v) is 1.95. The molecule has 9 heteroatoms. The average molecular weight is 277 g/mol. The maximum Gasteiger partial charge on any atom is 0.433 e. The minimum atomic E-state index is -4.66. The van der Waals surface area contributed by atoms with Gasteiger partial charge in [0.2, 0.25) is 0 Å². The van der Waals surface area contributed by atoms with Gasteiger partial charge in [-0.2, -0.15) is 13.2 Å². The Morgan fingerprint density at radius 1 is 1.53 bits per heavy atom. The zero-order valence-electron chi connectivity index (χ0n) is 9.59. The summed E-state index contributed by atoms with van der Waals surface area (Å²) in [6.07, 6.45) is -4.39. The van der Waals surface area contributed by atoms with Gasteiger partial charge in [0.1, 0.15) is 17.6 Å². The Bertz CT molecular complexity index is 507. The lowest BCUT2D eigenvalue weighted by Crippen LogP contribution is -2.23. The normalized spacial score (nSPS) is 19.8. The quantitative estimate of drug-likeness (QED) is 0.655. The number of hydrogen-bond donors (Lipinski definition) is 1. The highest BCUT2D eigenvalue weighted by molar-refractivity contribution is 5.63. The molecule has 1 aromatic heterocycles. The maximum absolute atomic E-state index is 12.6. The number of hydrogen-bond acceptors (Lipinski definition) is 5. The van der Waals surface area contributed by atoms with Crippen molar-refractivity contribution in [3.8, 4) is 0 Å². The van der Waals surface area contributed by atoms with E-state index in [0.29, 0.717) is 18.7 Å². The van der Waals surface area contributed by atoms with Crippen molar-refractivity contribution in [2.45, 2.75) is 18.7 Å². The SMILES string of the molecule is O=[N+]([O-])c1cnc(C(F)(F)F)cc1N1CCC(O)C1. The molecule has 2 rings (SSSR count). The molecule has 1 atom stereocenters. The van der Waals surface area contributed by atoms with E-state index >= 15 is 0 Å². The monoisotopic (exact) mass is 277 g/mol. The number of aliphatic hydroxyl groups excluding tert-OH is 1. The van der Waals surface area contributed by atoms with E-state index in [9.17, 15) is 28.4 Å². The summed E-state index contributed by atoms with van der Waals surface area (Å²) in [5.41, 5.74) is -1.85. The second-order valence-corrected chi connectivity index (χ2v) is 4.20. The predicted molar refractivity (Wildman–Crippen MR) is 58.7 cm³/mol. The Morgan fingerprint density at radius 2 is 2.21 bits per heavy atom. The molecule has 1 N–H and O–H groups in total. The molecule has 0 aliphatic carbocycles. The molecule has 1 unspecified atom stereocenters. The fraction of sp³-hybridized carbons (Fsp3) is 0.500. The smallest absolute Gasteiger partial charge is 0.391 e. The standard InChI is InChI=1S/C10H10F3N3O3/c11-10(12,13)9-3-7(8(4-14-9)16(18)19)15-2-1-6(17)5-15/h3-4,6,17H,1-2,5H2. The largest absolute Gasteiger partial charge is 0.433 e. The number of anilines is 1. The first-order valence-corrected chi connectivity index (χ1v) is 5.43. The minimum absolute atomic E-state index is 0.0716. The zero-order chi connectivity index (χ0) is 14.2. The molecular weight excluding hydrogens is 267 g/mol. The number of pyridine rings is 1. The molecule has 19 heavy (non-hydrogen) atoms. The molecule has 0 amide bonds. The first-order chi connectivity index (χ1) is 8.79. The van der Waals surface area contributed by atoms with Crippen molar-refractivity contribution >= 4 is 11.4 Å². The van der Waals surface area contributed by atoms with Gasteiger partial charge in [0, 0.05) is 13.1 Å². The lowest BCUT2D eigenvalue weighted by Gasteiger charge is -2.18. The summed E-state index contributed by atoms with van der Waals surface area (Å²) in [5, 5.41) is 20.2. The van der Waals surface area contributed by atoms with Crippen LogP contribution in [0.3, 0.4) is 0 Å². The lowest BCUT2D eigenvalue weighted by atomic mass is 10.2. The molecular formula is C10H10F3N3O3. The van der Waals surface area contributed by atoms with Crippen LogP contribution in [0, 0.1) is 10.1 Å². The number of aromatic nitrogens is 1. The molecule has 1 saturated heterocycles. The number of nitro groups is 1. The molecule has 1 fully saturated rings. The fourth-order valence-electron chi connectivity index (χ4n) is 1.95. The summed E-state index contributed by atoms with van der Waals surface area (Å²) in [7, 11) is 0. The number of alkyl halides is 3. The molecule has 2 heterocycles. The van der Waals surface area contributed by atoms with Crippen molar-refractivity contribution in [1.29, 1.82) is 0 Å². The molecule has 1 aliphatic rings. The van der Waals surface area contributed by atoms with Crippen molar-refractivity contribution < 1.29 is 23.2 Å². The van der Waals surface area contributed by atoms with E-state index in [2.05, 4.69) is 4.98 Å². The van der Waals surface area contributed by atoms with Gasteiger partial charge in [-0.05, 0) is 12.5 Å².